The maximum Gasteiger partial charge on any atom is 0.306 e. The van der Waals surface area contributed by atoms with Crippen molar-refractivity contribution in [2.45, 2.75) is 341 Å². The Balaban J connectivity index is 3.41. The lowest BCUT2D eigenvalue weighted by molar-refractivity contribution is -0.161. The summed E-state index contributed by atoms with van der Waals surface area (Å²) in [4.78, 5) is 24.5. The largest absolute Gasteiger partial charge is 0.462 e. The fraction of sp³-hybridized carbons (Fsp3) is 0.821. The maximum absolute atomic E-state index is 12.3. The van der Waals surface area contributed by atoms with E-state index in [4.69, 9.17) is 9.47 Å². The van der Waals surface area contributed by atoms with E-state index in [9.17, 15) is 14.7 Å². The minimum Gasteiger partial charge on any atom is -0.462 e. The molecule has 0 saturated carbocycles. The zero-order chi connectivity index (χ0) is 52.0. The lowest BCUT2D eigenvalue weighted by Crippen LogP contribution is -2.28. The molecule has 0 amide bonds. The highest BCUT2D eigenvalue weighted by molar-refractivity contribution is 5.70. The highest BCUT2D eigenvalue weighted by Crippen LogP contribution is 2.18. The van der Waals surface area contributed by atoms with Crippen LogP contribution in [0.4, 0.5) is 0 Å². The number of rotatable bonds is 59. The molecule has 0 saturated heterocycles. The molecule has 0 aromatic rings. The zero-order valence-corrected chi connectivity index (χ0v) is 48.2. The van der Waals surface area contributed by atoms with Crippen molar-refractivity contribution in [3.05, 3.63) is 60.8 Å². The van der Waals surface area contributed by atoms with E-state index in [-0.39, 0.29) is 25.2 Å². The highest BCUT2D eigenvalue weighted by atomic mass is 16.6. The highest BCUT2D eigenvalue weighted by Gasteiger charge is 2.16. The topological polar surface area (TPSA) is 72.8 Å². The van der Waals surface area contributed by atoms with E-state index in [1.807, 2.05) is 0 Å². The Hall–Kier alpha value is -2.40. The van der Waals surface area contributed by atoms with Crippen LogP contribution in [-0.2, 0) is 19.1 Å². The van der Waals surface area contributed by atoms with Gasteiger partial charge < -0.3 is 14.6 Å². The summed E-state index contributed by atoms with van der Waals surface area (Å²) < 4.78 is 10.7. The van der Waals surface area contributed by atoms with Gasteiger partial charge in [0.1, 0.15) is 6.61 Å². The van der Waals surface area contributed by atoms with Gasteiger partial charge in [0, 0.05) is 12.8 Å². The molecule has 420 valence electrons. The van der Waals surface area contributed by atoms with Gasteiger partial charge in [-0.3, -0.25) is 9.59 Å². The first-order chi connectivity index (χ1) is 35.6. The molecule has 1 atom stereocenters. The van der Waals surface area contributed by atoms with Crippen LogP contribution >= 0.6 is 0 Å². The van der Waals surface area contributed by atoms with Crippen LogP contribution in [0.15, 0.2) is 60.8 Å². The molecule has 0 aliphatic carbocycles. The Labute approximate surface area is 449 Å². The van der Waals surface area contributed by atoms with Crippen LogP contribution in [0.3, 0.4) is 0 Å². The standard InChI is InChI=1S/C67H122O5/c1-3-5-7-9-11-13-15-17-19-21-23-25-26-27-28-29-30-31-32-33-34-35-36-37-38-39-40-42-43-45-47-49-51-53-55-57-59-61-66(69)71-64-65(63-68)72-67(70)62-60-58-56-54-52-50-48-46-44-41-24-22-20-18-16-14-12-10-8-6-4-2/h6,8,12,14,18,20,24,41,46,48,65,68H,3-5,7,9-11,13,15-17,19,21-23,25-40,42-45,47,49-64H2,1-2H3/b8-6-,14-12-,20-18-,41-24-,48-46-. The van der Waals surface area contributed by atoms with Crippen molar-refractivity contribution >= 4 is 11.9 Å². The summed E-state index contributed by atoms with van der Waals surface area (Å²) in [5, 5.41) is 9.66. The molecule has 0 heterocycles. The summed E-state index contributed by atoms with van der Waals surface area (Å²) in [6.07, 6.45) is 85.3. The summed E-state index contributed by atoms with van der Waals surface area (Å²) >= 11 is 0. The molecule has 5 heteroatoms. The maximum atomic E-state index is 12.3. The lowest BCUT2D eigenvalue weighted by atomic mass is 10.0. The fourth-order valence-electron chi connectivity index (χ4n) is 9.59. The van der Waals surface area contributed by atoms with Crippen LogP contribution in [0.1, 0.15) is 335 Å². The number of carbonyl (C=O) groups excluding carboxylic acids is 2. The molecule has 1 unspecified atom stereocenters. The molecule has 0 bridgehead atoms. The Morgan fingerprint density at radius 3 is 0.903 bits per heavy atom. The third kappa shape index (κ3) is 60.2. The zero-order valence-electron chi connectivity index (χ0n) is 48.2. The number of esters is 2. The Bertz CT molecular complexity index is 1230. The van der Waals surface area contributed by atoms with Crippen LogP contribution in [-0.4, -0.2) is 36.4 Å². The average Bonchev–Trinajstić information content (AvgIpc) is 3.38. The van der Waals surface area contributed by atoms with Crippen LogP contribution in [0, 0.1) is 0 Å². The molecular formula is C67H122O5. The van der Waals surface area contributed by atoms with Crippen LogP contribution < -0.4 is 0 Å². The first kappa shape index (κ1) is 69.6. The monoisotopic (exact) mass is 1010 g/mol. The Kier molecular flexibility index (Phi) is 60.8. The predicted octanol–water partition coefficient (Wildman–Crippen LogP) is 21.8. The number of allylic oxidation sites excluding steroid dienone is 10. The number of hydrogen-bond donors (Lipinski definition) is 1. The first-order valence-corrected chi connectivity index (χ1v) is 31.8. The molecule has 0 aromatic carbocycles. The van der Waals surface area contributed by atoms with Gasteiger partial charge in [-0.25, -0.2) is 0 Å². The van der Waals surface area contributed by atoms with Gasteiger partial charge in [0.05, 0.1) is 6.61 Å². The second-order valence-electron chi connectivity index (χ2n) is 21.5. The third-order valence-electron chi connectivity index (χ3n) is 14.3. The van der Waals surface area contributed by atoms with Gasteiger partial charge in [-0.2, -0.15) is 0 Å². The van der Waals surface area contributed by atoms with E-state index < -0.39 is 6.10 Å². The van der Waals surface area contributed by atoms with Crippen molar-refractivity contribution in [3.63, 3.8) is 0 Å². The number of aliphatic hydroxyl groups is 1. The second-order valence-corrected chi connectivity index (χ2v) is 21.5. The molecule has 0 spiro atoms. The van der Waals surface area contributed by atoms with Gasteiger partial charge >= 0.3 is 11.9 Å². The summed E-state index contributed by atoms with van der Waals surface area (Å²) in [7, 11) is 0. The van der Waals surface area contributed by atoms with Gasteiger partial charge in [0.25, 0.3) is 0 Å². The minimum absolute atomic E-state index is 0.0728. The average molecular weight is 1010 g/mol. The molecule has 0 aliphatic heterocycles. The number of aliphatic hydroxyl groups excluding tert-OH is 1. The van der Waals surface area contributed by atoms with Crippen LogP contribution in [0.5, 0.6) is 0 Å². The molecule has 0 radical (unpaired) electrons. The van der Waals surface area contributed by atoms with E-state index in [1.54, 1.807) is 0 Å². The van der Waals surface area contributed by atoms with E-state index in [0.717, 1.165) is 89.9 Å². The number of hydrogen-bond acceptors (Lipinski definition) is 5. The molecule has 72 heavy (non-hydrogen) atoms. The second kappa shape index (κ2) is 62.9. The molecule has 5 nitrogen and oxygen atoms in total. The van der Waals surface area contributed by atoms with Crippen LogP contribution in [0.25, 0.3) is 0 Å². The van der Waals surface area contributed by atoms with Gasteiger partial charge in [0.2, 0.25) is 0 Å². The first-order valence-electron chi connectivity index (χ1n) is 31.8. The van der Waals surface area contributed by atoms with E-state index in [2.05, 4.69) is 74.6 Å². The molecule has 0 fully saturated rings. The van der Waals surface area contributed by atoms with Gasteiger partial charge in [-0.05, 0) is 57.8 Å². The van der Waals surface area contributed by atoms with E-state index >= 15 is 0 Å². The summed E-state index contributed by atoms with van der Waals surface area (Å²) in [5.74, 6) is -0.601. The van der Waals surface area contributed by atoms with Gasteiger partial charge in [-0.1, -0.05) is 325 Å². The quantitative estimate of drug-likeness (QED) is 0.0373. The predicted molar refractivity (Wildman–Crippen MR) is 316 cm³/mol. The van der Waals surface area contributed by atoms with Gasteiger partial charge in [-0.15, -0.1) is 0 Å². The van der Waals surface area contributed by atoms with Gasteiger partial charge in [0.15, 0.2) is 6.10 Å². The molecule has 0 aliphatic rings. The number of carbonyl (C=O) groups is 2. The third-order valence-corrected chi connectivity index (χ3v) is 14.3. The molecule has 1 N–H and O–H groups in total. The molecular weight excluding hydrogens is 885 g/mol. The minimum atomic E-state index is -0.785. The summed E-state index contributed by atoms with van der Waals surface area (Å²) in [6.45, 7) is 4.05. The van der Waals surface area contributed by atoms with Crippen molar-refractivity contribution in [1.82, 2.24) is 0 Å². The van der Waals surface area contributed by atoms with Crippen molar-refractivity contribution in [1.29, 1.82) is 0 Å². The Morgan fingerprint density at radius 2 is 0.597 bits per heavy atom. The van der Waals surface area contributed by atoms with Crippen molar-refractivity contribution in [2.75, 3.05) is 13.2 Å². The van der Waals surface area contributed by atoms with E-state index in [1.165, 1.54) is 218 Å². The van der Waals surface area contributed by atoms with Crippen molar-refractivity contribution < 1.29 is 24.2 Å². The van der Waals surface area contributed by atoms with Crippen LogP contribution in [0.2, 0.25) is 0 Å². The summed E-state index contributed by atoms with van der Waals surface area (Å²) in [5.41, 5.74) is 0. The smallest absolute Gasteiger partial charge is 0.306 e. The number of unbranched alkanes of at least 4 members (excludes halogenated alkanes) is 41. The Morgan fingerprint density at radius 1 is 0.333 bits per heavy atom. The molecule has 0 aromatic heterocycles. The fourth-order valence-corrected chi connectivity index (χ4v) is 9.59. The summed E-state index contributed by atoms with van der Waals surface area (Å²) in [6, 6.07) is 0. The van der Waals surface area contributed by atoms with E-state index in [0.29, 0.717) is 12.8 Å². The van der Waals surface area contributed by atoms with Crippen molar-refractivity contribution in [2.24, 2.45) is 0 Å². The lowest BCUT2D eigenvalue weighted by Gasteiger charge is -2.15. The molecule has 0 rings (SSSR count). The number of ether oxygens (including phenoxy) is 2. The normalized spacial score (nSPS) is 12.5. The van der Waals surface area contributed by atoms with Crippen molar-refractivity contribution in [3.8, 4) is 0 Å². The SMILES string of the molecule is CC/C=C\C/C=C\C/C=C\C/C=C\C/C=C\CCCCCCCC(=O)OC(CO)COC(=O)CCCCCCCCCCCCCCCCCCCCCCCCCCCCCCCCCCCCCCC.